The van der Waals surface area contributed by atoms with Crippen molar-refractivity contribution in [1.29, 1.82) is 0 Å². The number of hydrogen-bond donors (Lipinski definition) is 2. The van der Waals surface area contributed by atoms with Gasteiger partial charge in [-0.3, -0.25) is 4.79 Å². The third-order valence-electron chi connectivity index (χ3n) is 4.33. The molecule has 0 atom stereocenters. The van der Waals surface area contributed by atoms with Gasteiger partial charge in [-0.15, -0.1) is 0 Å². The number of benzene rings is 1. The van der Waals surface area contributed by atoms with Crippen LogP contribution in [0, 0.1) is 5.92 Å². The third-order valence-corrected chi connectivity index (χ3v) is 6.91. The summed E-state index contributed by atoms with van der Waals surface area (Å²) in [5.74, 6) is 0.131. The zero-order chi connectivity index (χ0) is 20.1. The molecule has 1 aromatic heterocycles. The highest BCUT2D eigenvalue weighted by atomic mass is 32.2. The molecule has 152 valence electrons. The van der Waals surface area contributed by atoms with Gasteiger partial charge in [0.1, 0.15) is 0 Å². The summed E-state index contributed by atoms with van der Waals surface area (Å²) in [7, 11) is -3.65. The molecular weight excluding hydrogens is 398 g/mol. The van der Waals surface area contributed by atoms with Crippen LogP contribution in [0.3, 0.4) is 0 Å². The number of rotatable bonds is 7. The molecule has 2 N–H and O–H groups in total. The summed E-state index contributed by atoms with van der Waals surface area (Å²) in [6, 6.07) is 6.54. The fraction of sp³-hybridized carbons (Fsp3) is 0.421. The molecule has 2 heterocycles. The molecule has 1 aliphatic heterocycles. The lowest BCUT2D eigenvalue weighted by atomic mass is 10.2. The molecule has 0 saturated carbocycles. The van der Waals surface area contributed by atoms with Crippen LogP contribution in [0.1, 0.15) is 24.2 Å². The fourth-order valence-corrected chi connectivity index (χ4v) is 4.85. The molecule has 9 heteroatoms. The summed E-state index contributed by atoms with van der Waals surface area (Å²) in [6.07, 6.45) is 0. The lowest BCUT2D eigenvalue weighted by Gasteiger charge is -2.26. The van der Waals surface area contributed by atoms with Gasteiger partial charge in [-0.05, 0) is 35.6 Å². The predicted molar refractivity (Wildman–Crippen MR) is 112 cm³/mol. The Hall–Kier alpha value is -1.94. The Morgan fingerprint density at radius 2 is 1.96 bits per heavy atom. The Morgan fingerprint density at radius 1 is 1.21 bits per heavy atom. The van der Waals surface area contributed by atoms with Crippen LogP contribution in [-0.4, -0.2) is 51.5 Å². The fourth-order valence-electron chi connectivity index (χ4n) is 2.78. The van der Waals surface area contributed by atoms with Gasteiger partial charge in [-0.2, -0.15) is 15.6 Å². The van der Waals surface area contributed by atoms with Crippen LogP contribution < -0.4 is 10.6 Å². The molecule has 28 heavy (non-hydrogen) atoms. The van der Waals surface area contributed by atoms with Crippen molar-refractivity contribution >= 4 is 38.6 Å². The molecule has 0 spiro atoms. The molecule has 0 unspecified atom stereocenters. The normalized spacial score (nSPS) is 15.5. The van der Waals surface area contributed by atoms with E-state index in [2.05, 4.69) is 24.5 Å². The number of morpholine rings is 1. The summed E-state index contributed by atoms with van der Waals surface area (Å²) in [4.78, 5) is 12.7. The monoisotopic (exact) mass is 423 g/mol. The number of carbonyl (C=O) groups is 1. The highest BCUT2D eigenvalue weighted by molar-refractivity contribution is 7.89. The molecule has 1 amide bonds. The third kappa shape index (κ3) is 4.91. The first-order valence-corrected chi connectivity index (χ1v) is 11.6. The zero-order valence-corrected chi connectivity index (χ0v) is 17.6. The maximum Gasteiger partial charge on any atom is 0.256 e. The van der Waals surface area contributed by atoms with E-state index in [-0.39, 0.29) is 10.8 Å². The largest absolute Gasteiger partial charge is 0.383 e. The maximum absolute atomic E-state index is 13.0. The summed E-state index contributed by atoms with van der Waals surface area (Å²) in [5, 5.41) is 9.71. The van der Waals surface area contributed by atoms with Crippen LogP contribution in [0.2, 0.25) is 0 Å². The summed E-state index contributed by atoms with van der Waals surface area (Å²) < 4.78 is 32.6. The van der Waals surface area contributed by atoms with Crippen LogP contribution in [0.25, 0.3) is 0 Å². The first kappa shape index (κ1) is 20.8. The molecule has 3 rings (SSSR count). The van der Waals surface area contributed by atoms with Gasteiger partial charge < -0.3 is 15.4 Å². The van der Waals surface area contributed by atoms with Crippen molar-refractivity contribution < 1.29 is 17.9 Å². The van der Waals surface area contributed by atoms with E-state index in [1.807, 2.05) is 5.38 Å². The number of thiophene rings is 1. The summed E-state index contributed by atoms with van der Waals surface area (Å²) in [5.41, 5.74) is 1.69. The molecule has 1 saturated heterocycles. The van der Waals surface area contributed by atoms with Crippen molar-refractivity contribution in [3.05, 3.63) is 40.6 Å². The van der Waals surface area contributed by atoms with Crippen LogP contribution in [0.4, 0.5) is 11.4 Å². The van der Waals surface area contributed by atoms with E-state index in [1.165, 1.54) is 21.7 Å². The second-order valence-corrected chi connectivity index (χ2v) is 9.68. The quantitative estimate of drug-likeness (QED) is 0.715. The molecule has 2 aromatic rings. The number of nitrogens with zero attached hydrogens (tertiary/aromatic N) is 1. The summed E-state index contributed by atoms with van der Waals surface area (Å²) >= 11 is 1.43. The van der Waals surface area contributed by atoms with E-state index >= 15 is 0 Å². The van der Waals surface area contributed by atoms with Crippen molar-refractivity contribution in [3.63, 3.8) is 0 Å². The minimum atomic E-state index is -3.65. The average molecular weight is 424 g/mol. The number of sulfonamides is 1. The molecule has 7 nitrogen and oxygen atoms in total. The van der Waals surface area contributed by atoms with Gasteiger partial charge in [0, 0.05) is 25.0 Å². The van der Waals surface area contributed by atoms with Gasteiger partial charge in [0.05, 0.1) is 35.0 Å². The van der Waals surface area contributed by atoms with Crippen LogP contribution in [0.5, 0.6) is 0 Å². The predicted octanol–water partition coefficient (Wildman–Crippen LogP) is 3.09. The van der Waals surface area contributed by atoms with E-state index < -0.39 is 10.0 Å². The average Bonchev–Trinajstić information content (AvgIpc) is 3.22. The maximum atomic E-state index is 13.0. The molecule has 1 aliphatic rings. The minimum Gasteiger partial charge on any atom is -0.383 e. The van der Waals surface area contributed by atoms with Crippen LogP contribution in [-0.2, 0) is 14.8 Å². The van der Waals surface area contributed by atoms with Crippen molar-refractivity contribution in [3.8, 4) is 0 Å². The Bertz CT molecular complexity index is 905. The highest BCUT2D eigenvalue weighted by Gasteiger charge is 2.27. The van der Waals surface area contributed by atoms with E-state index in [0.29, 0.717) is 55.7 Å². The summed E-state index contributed by atoms with van der Waals surface area (Å²) in [6.45, 7) is 6.28. The molecule has 0 bridgehead atoms. The first-order valence-electron chi connectivity index (χ1n) is 9.17. The zero-order valence-electron chi connectivity index (χ0n) is 16.0. The molecule has 1 fully saturated rings. The van der Waals surface area contributed by atoms with Gasteiger partial charge in [0.15, 0.2) is 0 Å². The van der Waals surface area contributed by atoms with Gasteiger partial charge >= 0.3 is 0 Å². The molecular formula is C19H25N3O4S2. The number of nitrogens with one attached hydrogen (secondary N) is 2. The van der Waals surface area contributed by atoms with Gasteiger partial charge in [0.2, 0.25) is 10.0 Å². The molecule has 1 aromatic carbocycles. The van der Waals surface area contributed by atoms with Gasteiger partial charge in [0.25, 0.3) is 5.91 Å². The highest BCUT2D eigenvalue weighted by Crippen LogP contribution is 2.28. The van der Waals surface area contributed by atoms with E-state index in [4.69, 9.17) is 4.74 Å². The topological polar surface area (TPSA) is 87.7 Å². The minimum absolute atomic E-state index is 0.158. The standard InChI is InChI=1S/C19H25N3O4S2/c1-14(2)12-20-17-4-3-16(28(24,25)22-6-8-26-9-7-22)11-18(17)21-19(23)15-5-10-27-13-15/h3-5,10-11,13-14,20H,6-9,12H2,1-2H3,(H,21,23). The first-order chi connectivity index (χ1) is 13.4. The Kier molecular flexibility index (Phi) is 6.71. The Labute approximate surface area is 169 Å². The molecule has 0 radical (unpaired) electrons. The van der Waals surface area contributed by atoms with Crippen molar-refractivity contribution in [2.75, 3.05) is 43.5 Å². The number of amides is 1. The van der Waals surface area contributed by atoms with Crippen molar-refractivity contribution in [1.82, 2.24) is 4.31 Å². The SMILES string of the molecule is CC(C)CNc1ccc(S(=O)(=O)N2CCOCC2)cc1NC(=O)c1ccsc1. The molecule has 0 aliphatic carbocycles. The van der Waals surface area contributed by atoms with Crippen LogP contribution in [0.15, 0.2) is 39.9 Å². The smallest absolute Gasteiger partial charge is 0.256 e. The lowest BCUT2D eigenvalue weighted by molar-refractivity contribution is 0.0730. The van der Waals surface area contributed by atoms with Crippen LogP contribution >= 0.6 is 11.3 Å². The number of anilines is 2. The van der Waals surface area contributed by atoms with E-state index in [1.54, 1.807) is 23.6 Å². The number of hydrogen-bond acceptors (Lipinski definition) is 6. The Balaban J connectivity index is 1.91. The second-order valence-electron chi connectivity index (χ2n) is 6.96. The Morgan fingerprint density at radius 3 is 2.61 bits per heavy atom. The number of carbonyl (C=O) groups excluding carboxylic acids is 1. The number of ether oxygens (including phenoxy) is 1. The lowest BCUT2D eigenvalue weighted by Crippen LogP contribution is -2.40. The van der Waals surface area contributed by atoms with E-state index in [9.17, 15) is 13.2 Å². The van der Waals surface area contributed by atoms with Crippen molar-refractivity contribution in [2.45, 2.75) is 18.7 Å². The van der Waals surface area contributed by atoms with Crippen molar-refractivity contribution in [2.24, 2.45) is 5.92 Å². The van der Waals surface area contributed by atoms with E-state index in [0.717, 1.165) is 0 Å². The van der Waals surface area contributed by atoms with Gasteiger partial charge in [-0.25, -0.2) is 8.42 Å². The second kappa shape index (κ2) is 9.04. The van der Waals surface area contributed by atoms with Gasteiger partial charge in [-0.1, -0.05) is 13.8 Å².